The van der Waals surface area contributed by atoms with E-state index in [9.17, 15) is 0 Å². The molecule has 0 bridgehead atoms. The minimum absolute atomic E-state index is 0.0945. The predicted molar refractivity (Wildman–Crippen MR) is 96.7 cm³/mol. The molecule has 3 heteroatoms. The van der Waals surface area contributed by atoms with E-state index in [-0.39, 0.29) is 6.23 Å². The quantitative estimate of drug-likeness (QED) is 0.694. The van der Waals surface area contributed by atoms with Crippen LogP contribution in [-0.2, 0) is 17.6 Å². The highest BCUT2D eigenvalue weighted by molar-refractivity contribution is 5.91. The van der Waals surface area contributed by atoms with Gasteiger partial charge in [-0.2, -0.15) is 0 Å². The van der Waals surface area contributed by atoms with Gasteiger partial charge in [-0.1, -0.05) is 42.5 Å². The van der Waals surface area contributed by atoms with Crippen LogP contribution in [0, 0.1) is 0 Å². The average molecular weight is 321 g/mol. The molecule has 124 valence electrons. The van der Waals surface area contributed by atoms with E-state index in [0.29, 0.717) is 0 Å². The van der Waals surface area contributed by atoms with Crippen molar-refractivity contribution in [2.45, 2.75) is 31.9 Å². The lowest BCUT2D eigenvalue weighted by molar-refractivity contribution is 0.0286. The van der Waals surface area contributed by atoms with Gasteiger partial charge in [-0.05, 0) is 42.9 Å². The first-order valence-electron chi connectivity index (χ1n) is 8.59. The van der Waals surface area contributed by atoms with Crippen molar-refractivity contribution in [1.82, 2.24) is 4.57 Å². The third-order valence-corrected chi connectivity index (χ3v) is 5.07. The van der Waals surface area contributed by atoms with Crippen molar-refractivity contribution in [3.05, 3.63) is 65.4 Å². The van der Waals surface area contributed by atoms with E-state index >= 15 is 0 Å². The Morgan fingerprint density at radius 3 is 2.62 bits per heavy atom. The van der Waals surface area contributed by atoms with E-state index in [2.05, 4.69) is 47.0 Å². The summed E-state index contributed by atoms with van der Waals surface area (Å²) in [6, 6.07) is 17.0. The molecule has 0 fully saturated rings. The fraction of sp³-hybridized carbons (Fsp3) is 0.333. The highest BCUT2D eigenvalue weighted by atomic mass is 16.5. The summed E-state index contributed by atoms with van der Waals surface area (Å²) in [5.41, 5.74) is 5.33. The average Bonchev–Trinajstić information content (AvgIpc) is 2.97. The van der Waals surface area contributed by atoms with Gasteiger partial charge < -0.3 is 14.0 Å². The zero-order valence-corrected chi connectivity index (χ0v) is 14.3. The van der Waals surface area contributed by atoms with Crippen molar-refractivity contribution >= 4 is 10.9 Å². The van der Waals surface area contributed by atoms with Crippen LogP contribution in [0.15, 0.2) is 48.5 Å². The smallest absolute Gasteiger partial charge is 0.143 e. The van der Waals surface area contributed by atoms with Gasteiger partial charge in [0, 0.05) is 18.2 Å². The van der Waals surface area contributed by atoms with Gasteiger partial charge in [-0.3, -0.25) is 0 Å². The number of aromatic nitrogens is 1. The maximum Gasteiger partial charge on any atom is 0.143 e. The van der Waals surface area contributed by atoms with Crippen molar-refractivity contribution in [1.29, 1.82) is 0 Å². The Morgan fingerprint density at radius 2 is 1.88 bits per heavy atom. The second kappa shape index (κ2) is 6.33. The molecule has 3 aromatic rings. The lowest BCUT2D eigenvalue weighted by Crippen LogP contribution is -2.19. The third kappa shape index (κ3) is 2.40. The van der Waals surface area contributed by atoms with Crippen LogP contribution >= 0.6 is 0 Å². The Hall–Kier alpha value is -2.26. The first kappa shape index (κ1) is 15.3. The van der Waals surface area contributed by atoms with E-state index in [1.54, 1.807) is 14.2 Å². The molecule has 2 aromatic carbocycles. The molecular weight excluding hydrogens is 298 g/mol. The molecule has 1 atom stereocenters. The topological polar surface area (TPSA) is 23.4 Å². The number of methoxy groups -OCH3 is 2. The summed E-state index contributed by atoms with van der Waals surface area (Å²) in [4.78, 5) is 0. The Labute approximate surface area is 142 Å². The van der Waals surface area contributed by atoms with Crippen molar-refractivity contribution in [3.63, 3.8) is 0 Å². The zero-order valence-electron chi connectivity index (χ0n) is 14.3. The summed E-state index contributed by atoms with van der Waals surface area (Å²) in [6.45, 7) is 0. The number of benzene rings is 2. The Kier molecular flexibility index (Phi) is 4.03. The molecule has 2 heterocycles. The molecule has 0 N–H and O–H groups in total. The minimum Gasteiger partial charge on any atom is -0.495 e. The number of nitrogens with zero attached hydrogens (tertiary/aromatic N) is 1. The molecule has 24 heavy (non-hydrogen) atoms. The van der Waals surface area contributed by atoms with Crippen molar-refractivity contribution in [2.75, 3.05) is 14.2 Å². The van der Waals surface area contributed by atoms with Gasteiger partial charge in [-0.15, -0.1) is 0 Å². The maximum atomic E-state index is 5.80. The maximum absolute atomic E-state index is 5.80. The van der Waals surface area contributed by atoms with E-state index in [0.717, 1.165) is 25.0 Å². The predicted octanol–water partition coefficient (Wildman–Crippen LogP) is 4.72. The van der Waals surface area contributed by atoms with Crippen molar-refractivity contribution in [2.24, 2.45) is 0 Å². The van der Waals surface area contributed by atoms with Crippen molar-refractivity contribution < 1.29 is 9.47 Å². The lowest BCUT2D eigenvalue weighted by Gasteiger charge is -2.27. The molecule has 1 aliphatic heterocycles. The molecule has 0 spiro atoms. The van der Waals surface area contributed by atoms with Gasteiger partial charge in [-0.25, -0.2) is 0 Å². The molecular formula is C21H23NO2. The van der Waals surface area contributed by atoms with Crippen LogP contribution in [-0.4, -0.2) is 18.8 Å². The molecule has 1 aliphatic rings. The Morgan fingerprint density at radius 1 is 1.04 bits per heavy atom. The standard InChI is InChI=1S/C21H23NO2/c1-23-19-12-6-10-16-17(14-15-8-4-3-5-9-15)18-11-7-13-20(24-2)22(18)21(16)19/h3-6,8-10,12,20H,7,11,13-14H2,1-2H3. The van der Waals surface area contributed by atoms with Crippen LogP contribution in [0.2, 0.25) is 0 Å². The molecule has 0 radical (unpaired) electrons. The SMILES string of the molecule is COc1cccc2c(Cc3ccccc3)c3n(c12)C(OC)CCC3. The summed E-state index contributed by atoms with van der Waals surface area (Å²) in [6.07, 6.45) is 4.36. The minimum atomic E-state index is 0.0945. The monoisotopic (exact) mass is 321 g/mol. The second-order valence-corrected chi connectivity index (χ2v) is 6.40. The third-order valence-electron chi connectivity index (χ3n) is 5.07. The van der Waals surface area contributed by atoms with Crippen LogP contribution in [0.4, 0.5) is 0 Å². The summed E-state index contributed by atoms with van der Waals surface area (Å²) in [7, 11) is 3.55. The van der Waals surface area contributed by atoms with Crippen LogP contribution < -0.4 is 4.74 Å². The van der Waals surface area contributed by atoms with Gasteiger partial charge in [0.1, 0.15) is 12.0 Å². The van der Waals surface area contributed by atoms with Crippen LogP contribution in [0.3, 0.4) is 0 Å². The molecule has 3 nitrogen and oxygen atoms in total. The summed E-state index contributed by atoms with van der Waals surface area (Å²) >= 11 is 0. The van der Waals surface area contributed by atoms with Gasteiger partial charge >= 0.3 is 0 Å². The fourth-order valence-electron chi connectivity index (χ4n) is 4.00. The molecule has 0 aliphatic carbocycles. The molecule has 0 saturated carbocycles. The number of rotatable bonds is 4. The highest BCUT2D eigenvalue weighted by Gasteiger charge is 2.27. The number of fused-ring (bicyclic) bond motifs is 3. The Balaban J connectivity index is 1.96. The van der Waals surface area contributed by atoms with E-state index in [1.807, 2.05) is 6.07 Å². The fourth-order valence-corrected chi connectivity index (χ4v) is 4.00. The second-order valence-electron chi connectivity index (χ2n) is 6.40. The molecule has 0 amide bonds. The van der Waals surface area contributed by atoms with Gasteiger partial charge in [0.05, 0.1) is 12.6 Å². The highest BCUT2D eigenvalue weighted by Crippen LogP contribution is 2.40. The first-order chi connectivity index (χ1) is 11.8. The summed E-state index contributed by atoms with van der Waals surface area (Å²) < 4.78 is 13.8. The summed E-state index contributed by atoms with van der Waals surface area (Å²) in [5, 5.41) is 1.29. The normalized spacial score (nSPS) is 17.0. The van der Waals surface area contributed by atoms with E-state index in [1.165, 1.54) is 34.1 Å². The van der Waals surface area contributed by atoms with E-state index in [4.69, 9.17) is 9.47 Å². The van der Waals surface area contributed by atoms with Gasteiger partial charge in [0.15, 0.2) is 0 Å². The molecule has 0 saturated heterocycles. The number of hydrogen-bond donors (Lipinski definition) is 0. The summed E-state index contributed by atoms with van der Waals surface area (Å²) in [5.74, 6) is 0.928. The van der Waals surface area contributed by atoms with Crippen LogP contribution in [0.1, 0.15) is 35.9 Å². The number of para-hydroxylation sites is 1. The number of ether oxygens (including phenoxy) is 2. The van der Waals surface area contributed by atoms with Crippen LogP contribution in [0.5, 0.6) is 5.75 Å². The zero-order chi connectivity index (χ0) is 16.5. The largest absolute Gasteiger partial charge is 0.495 e. The number of hydrogen-bond acceptors (Lipinski definition) is 2. The van der Waals surface area contributed by atoms with Gasteiger partial charge in [0.25, 0.3) is 0 Å². The van der Waals surface area contributed by atoms with Gasteiger partial charge in [0.2, 0.25) is 0 Å². The lowest BCUT2D eigenvalue weighted by atomic mass is 9.98. The molecule has 1 aromatic heterocycles. The first-order valence-corrected chi connectivity index (χ1v) is 8.59. The molecule has 4 rings (SSSR count). The Bertz CT molecular complexity index is 851. The van der Waals surface area contributed by atoms with Crippen molar-refractivity contribution in [3.8, 4) is 5.75 Å². The molecule has 1 unspecified atom stereocenters. The van der Waals surface area contributed by atoms with Crippen LogP contribution in [0.25, 0.3) is 10.9 Å². The van der Waals surface area contributed by atoms with E-state index < -0.39 is 0 Å².